The van der Waals surface area contributed by atoms with Crippen LogP contribution in [0, 0.1) is 9.81 Å². The SMILES string of the molecule is Cc1cncc(NC(=O)c2csc(I)c2)c1. The van der Waals surface area contributed by atoms with E-state index in [0.29, 0.717) is 5.56 Å². The smallest absolute Gasteiger partial charge is 0.256 e. The number of nitrogens with zero attached hydrogens (tertiary/aromatic N) is 1. The number of aromatic nitrogens is 1. The van der Waals surface area contributed by atoms with E-state index < -0.39 is 0 Å². The number of halogens is 1. The number of aryl methyl sites for hydroxylation is 1. The van der Waals surface area contributed by atoms with Crippen LogP contribution < -0.4 is 5.32 Å². The van der Waals surface area contributed by atoms with Crippen LogP contribution in [-0.4, -0.2) is 10.9 Å². The zero-order valence-corrected chi connectivity index (χ0v) is 11.5. The van der Waals surface area contributed by atoms with Crippen molar-refractivity contribution in [1.82, 2.24) is 4.98 Å². The molecule has 3 nitrogen and oxygen atoms in total. The molecule has 2 heterocycles. The Hall–Kier alpha value is -0.950. The standard InChI is InChI=1S/C11H9IN2OS/c1-7-2-9(5-13-4-7)14-11(15)8-3-10(12)16-6-8/h2-6H,1H3,(H,14,15). The van der Waals surface area contributed by atoms with Crippen LogP contribution in [0.15, 0.2) is 29.9 Å². The molecule has 0 saturated heterocycles. The Balaban J connectivity index is 2.13. The van der Waals surface area contributed by atoms with Gasteiger partial charge in [0.1, 0.15) is 0 Å². The van der Waals surface area contributed by atoms with Gasteiger partial charge in [0, 0.05) is 11.6 Å². The van der Waals surface area contributed by atoms with Crippen molar-refractivity contribution in [2.24, 2.45) is 0 Å². The second-order valence-corrected chi connectivity index (χ2v) is 6.15. The Morgan fingerprint density at radius 3 is 2.88 bits per heavy atom. The molecule has 0 spiro atoms. The molecule has 0 aliphatic rings. The van der Waals surface area contributed by atoms with E-state index in [0.717, 1.165) is 14.1 Å². The molecule has 0 bridgehead atoms. The zero-order valence-electron chi connectivity index (χ0n) is 8.53. The maximum atomic E-state index is 11.8. The minimum atomic E-state index is -0.0911. The van der Waals surface area contributed by atoms with Crippen molar-refractivity contribution in [3.05, 3.63) is 43.9 Å². The van der Waals surface area contributed by atoms with Crippen LogP contribution >= 0.6 is 33.9 Å². The molecular formula is C11H9IN2OS. The Kier molecular flexibility index (Phi) is 3.55. The Morgan fingerprint density at radius 1 is 1.44 bits per heavy atom. The summed E-state index contributed by atoms with van der Waals surface area (Å²) >= 11 is 3.75. The highest BCUT2D eigenvalue weighted by Crippen LogP contribution is 2.18. The first-order valence-electron chi connectivity index (χ1n) is 4.62. The highest BCUT2D eigenvalue weighted by Gasteiger charge is 2.08. The van der Waals surface area contributed by atoms with E-state index in [1.165, 1.54) is 0 Å². The van der Waals surface area contributed by atoms with Gasteiger partial charge in [-0.05, 0) is 47.2 Å². The summed E-state index contributed by atoms with van der Waals surface area (Å²) in [6, 6.07) is 3.76. The van der Waals surface area contributed by atoms with Gasteiger partial charge in [0.25, 0.3) is 5.91 Å². The van der Waals surface area contributed by atoms with E-state index >= 15 is 0 Å². The van der Waals surface area contributed by atoms with Gasteiger partial charge in [-0.3, -0.25) is 9.78 Å². The molecule has 2 aromatic rings. The number of rotatable bonds is 2. The van der Waals surface area contributed by atoms with Crippen molar-refractivity contribution in [2.75, 3.05) is 5.32 Å². The number of amides is 1. The highest BCUT2D eigenvalue weighted by atomic mass is 127. The van der Waals surface area contributed by atoms with Crippen LogP contribution in [0.1, 0.15) is 15.9 Å². The van der Waals surface area contributed by atoms with Crippen LogP contribution in [0.5, 0.6) is 0 Å². The van der Waals surface area contributed by atoms with Gasteiger partial charge in [0.05, 0.1) is 20.3 Å². The monoisotopic (exact) mass is 344 g/mol. The van der Waals surface area contributed by atoms with Crippen molar-refractivity contribution in [2.45, 2.75) is 6.92 Å². The lowest BCUT2D eigenvalue weighted by molar-refractivity contribution is 0.102. The number of carbonyl (C=O) groups excluding carboxylic acids is 1. The fraction of sp³-hybridized carbons (Fsp3) is 0.0909. The van der Waals surface area contributed by atoms with Crippen molar-refractivity contribution in [3.8, 4) is 0 Å². The van der Waals surface area contributed by atoms with Gasteiger partial charge in [0.2, 0.25) is 0 Å². The van der Waals surface area contributed by atoms with E-state index in [4.69, 9.17) is 0 Å². The molecule has 2 aromatic heterocycles. The second kappa shape index (κ2) is 4.92. The molecule has 82 valence electrons. The minimum absolute atomic E-state index is 0.0911. The first kappa shape index (κ1) is 11.5. The minimum Gasteiger partial charge on any atom is -0.321 e. The van der Waals surface area contributed by atoms with Gasteiger partial charge in [-0.2, -0.15) is 0 Å². The number of thiophene rings is 1. The number of nitrogens with one attached hydrogen (secondary N) is 1. The summed E-state index contributed by atoms with van der Waals surface area (Å²) in [5.41, 5.74) is 2.44. The van der Waals surface area contributed by atoms with Gasteiger partial charge < -0.3 is 5.32 Å². The predicted molar refractivity (Wildman–Crippen MR) is 74.0 cm³/mol. The maximum Gasteiger partial charge on any atom is 0.256 e. The molecule has 0 unspecified atom stereocenters. The summed E-state index contributed by atoms with van der Waals surface area (Å²) in [6.45, 7) is 1.94. The third-order valence-electron chi connectivity index (χ3n) is 1.96. The number of pyridine rings is 1. The number of anilines is 1. The summed E-state index contributed by atoms with van der Waals surface area (Å²) in [4.78, 5) is 15.8. The molecule has 2 rings (SSSR count). The quantitative estimate of drug-likeness (QED) is 0.850. The fourth-order valence-electron chi connectivity index (χ4n) is 1.26. The van der Waals surface area contributed by atoms with Crippen LogP contribution in [0.4, 0.5) is 5.69 Å². The molecule has 0 atom stereocenters. The summed E-state index contributed by atoms with van der Waals surface area (Å²) in [6.07, 6.45) is 3.39. The molecule has 16 heavy (non-hydrogen) atoms. The summed E-state index contributed by atoms with van der Waals surface area (Å²) in [7, 11) is 0. The lowest BCUT2D eigenvalue weighted by Crippen LogP contribution is -2.11. The number of hydrogen-bond acceptors (Lipinski definition) is 3. The van der Waals surface area contributed by atoms with Crippen LogP contribution in [0.2, 0.25) is 0 Å². The molecule has 0 saturated carbocycles. The zero-order chi connectivity index (χ0) is 11.5. The molecule has 5 heteroatoms. The molecular weight excluding hydrogens is 335 g/mol. The normalized spacial score (nSPS) is 10.1. The van der Waals surface area contributed by atoms with Crippen molar-refractivity contribution < 1.29 is 4.79 Å². The number of carbonyl (C=O) groups is 1. The summed E-state index contributed by atoms with van der Waals surface area (Å²) < 4.78 is 1.10. The predicted octanol–water partition coefficient (Wildman–Crippen LogP) is 3.31. The molecule has 0 aromatic carbocycles. The highest BCUT2D eigenvalue weighted by molar-refractivity contribution is 14.1. The van der Waals surface area contributed by atoms with Crippen LogP contribution in [-0.2, 0) is 0 Å². The lowest BCUT2D eigenvalue weighted by atomic mass is 10.2. The molecule has 1 N–H and O–H groups in total. The third-order valence-corrected chi connectivity index (χ3v) is 3.75. The van der Waals surface area contributed by atoms with Gasteiger partial charge in [-0.1, -0.05) is 0 Å². The summed E-state index contributed by atoms with van der Waals surface area (Å²) in [5.74, 6) is -0.0911. The molecule has 0 aliphatic carbocycles. The van der Waals surface area contributed by atoms with Crippen LogP contribution in [0.25, 0.3) is 0 Å². The first-order chi connectivity index (χ1) is 7.65. The third kappa shape index (κ3) is 2.79. The number of hydrogen-bond donors (Lipinski definition) is 1. The second-order valence-electron chi connectivity index (χ2n) is 3.34. The van der Waals surface area contributed by atoms with Crippen molar-refractivity contribution in [1.29, 1.82) is 0 Å². The first-order valence-corrected chi connectivity index (χ1v) is 6.58. The van der Waals surface area contributed by atoms with Crippen LogP contribution in [0.3, 0.4) is 0 Å². The molecule has 0 radical (unpaired) electrons. The average Bonchev–Trinajstić information content (AvgIpc) is 2.65. The Morgan fingerprint density at radius 2 is 2.25 bits per heavy atom. The van der Waals surface area contributed by atoms with Gasteiger partial charge in [-0.25, -0.2) is 0 Å². The Bertz CT molecular complexity index is 524. The molecule has 0 aliphatic heterocycles. The maximum absolute atomic E-state index is 11.8. The average molecular weight is 344 g/mol. The van der Waals surface area contributed by atoms with E-state index in [-0.39, 0.29) is 5.91 Å². The topological polar surface area (TPSA) is 42.0 Å². The van der Waals surface area contributed by atoms with E-state index in [9.17, 15) is 4.79 Å². The summed E-state index contributed by atoms with van der Waals surface area (Å²) in [5, 5.41) is 4.66. The lowest BCUT2D eigenvalue weighted by Gasteiger charge is -2.03. The molecule has 1 amide bonds. The van der Waals surface area contributed by atoms with Crippen molar-refractivity contribution >= 4 is 45.5 Å². The Labute approximate surface area is 111 Å². The van der Waals surface area contributed by atoms with E-state index in [2.05, 4.69) is 32.9 Å². The van der Waals surface area contributed by atoms with Gasteiger partial charge >= 0.3 is 0 Å². The van der Waals surface area contributed by atoms with E-state index in [1.807, 2.05) is 24.4 Å². The molecule has 0 fully saturated rings. The van der Waals surface area contributed by atoms with E-state index in [1.54, 1.807) is 23.7 Å². The van der Waals surface area contributed by atoms with Gasteiger partial charge in [-0.15, -0.1) is 11.3 Å². The van der Waals surface area contributed by atoms with Gasteiger partial charge in [0.15, 0.2) is 0 Å². The fourth-order valence-corrected chi connectivity index (χ4v) is 2.58. The largest absolute Gasteiger partial charge is 0.321 e. The van der Waals surface area contributed by atoms with Crippen molar-refractivity contribution in [3.63, 3.8) is 0 Å².